The molecule has 0 fully saturated rings. The van der Waals surface area contributed by atoms with Crippen LogP contribution in [0.4, 0.5) is 8.78 Å². The highest BCUT2D eigenvalue weighted by Crippen LogP contribution is 2.25. The molecular formula is C8H12F2. The molecule has 0 unspecified atom stereocenters. The summed E-state index contributed by atoms with van der Waals surface area (Å²) in [5, 5.41) is 0. The second-order valence-electron chi connectivity index (χ2n) is 2.76. The first-order valence-corrected chi connectivity index (χ1v) is 3.76. The van der Waals surface area contributed by atoms with Crippen molar-refractivity contribution in [2.24, 2.45) is 0 Å². The number of hydrogen-bond acceptors (Lipinski definition) is 0. The summed E-state index contributed by atoms with van der Waals surface area (Å²) in [6, 6.07) is 0. The fourth-order valence-electron chi connectivity index (χ4n) is 1.14. The highest BCUT2D eigenvalue weighted by atomic mass is 19.3. The lowest BCUT2D eigenvalue weighted by Gasteiger charge is -2.13. The summed E-state index contributed by atoms with van der Waals surface area (Å²) in [6.07, 6.45) is 6.16. The summed E-state index contributed by atoms with van der Waals surface area (Å²) in [7, 11) is 0. The Balaban J connectivity index is 2.49. The van der Waals surface area contributed by atoms with Gasteiger partial charge in [-0.15, -0.1) is 0 Å². The van der Waals surface area contributed by atoms with E-state index in [1.165, 1.54) is 0 Å². The Labute approximate surface area is 59.9 Å². The van der Waals surface area contributed by atoms with E-state index < -0.39 is 5.92 Å². The topological polar surface area (TPSA) is 0 Å². The zero-order chi connectivity index (χ0) is 7.45. The molecule has 0 aromatic rings. The van der Waals surface area contributed by atoms with Gasteiger partial charge in [-0.05, 0) is 25.3 Å². The summed E-state index contributed by atoms with van der Waals surface area (Å²) in [4.78, 5) is 0. The third-order valence-electron chi connectivity index (χ3n) is 1.74. The Morgan fingerprint density at radius 2 is 1.90 bits per heavy atom. The Hall–Kier alpha value is -0.400. The van der Waals surface area contributed by atoms with Gasteiger partial charge in [0.05, 0.1) is 0 Å². The molecule has 0 atom stereocenters. The van der Waals surface area contributed by atoms with Crippen LogP contribution in [0, 0.1) is 0 Å². The lowest BCUT2D eigenvalue weighted by atomic mass is 10.0. The molecule has 0 aliphatic heterocycles. The fraction of sp³-hybridized carbons (Fsp3) is 0.750. The van der Waals surface area contributed by atoms with E-state index in [0.717, 1.165) is 25.3 Å². The van der Waals surface area contributed by atoms with Crippen LogP contribution in [0.25, 0.3) is 0 Å². The first-order valence-electron chi connectivity index (χ1n) is 3.76. The van der Waals surface area contributed by atoms with Crippen LogP contribution in [0.5, 0.6) is 0 Å². The standard InChI is InChI=1S/C8H12F2/c9-8(10)6-4-2-1-3-5-7-8/h4,6H,1-3,5,7H2/b6-4-. The van der Waals surface area contributed by atoms with Crippen molar-refractivity contribution in [2.45, 2.75) is 38.0 Å². The lowest BCUT2D eigenvalue weighted by Crippen LogP contribution is -2.12. The highest BCUT2D eigenvalue weighted by molar-refractivity contribution is 4.95. The fourth-order valence-corrected chi connectivity index (χ4v) is 1.14. The Morgan fingerprint density at radius 3 is 2.70 bits per heavy atom. The van der Waals surface area contributed by atoms with Crippen LogP contribution in [-0.4, -0.2) is 5.92 Å². The van der Waals surface area contributed by atoms with Gasteiger partial charge in [-0.2, -0.15) is 0 Å². The maximum absolute atomic E-state index is 12.6. The second kappa shape index (κ2) is 3.13. The molecule has 0 spiro atoms. The molecule has 10 heavy (non-hydrogen) atoms. The van der Waals surface area contributed by atoms with Gasteiger partial charge in [0.1, 0.15) is 0 Å². The van der Waals surface area contributed by atoms with Gasteiger partial charge in [-0.1, -0.05) is 12.5 Å². The van der Waals surface area contributed by atoms with Crippen LogP contribution in [0.2, 0.25) is 0 Å². The molecule has 0 heterocycles. The van der Waals surface area contributed by atoms with Crippen molar-refractivity contribution in [3.05, 3.63) is 12.2 Å². The van der Waals surface area contributed by atoms with E-state index in [1.54, 1.807) is 6.08 Å². The molecule has 0 saturated carbocycles. The SMILES string of the molecule is FC1(F)/C=C\CCCCC1. The van der Waals surface area contributed by atoms with Gasteiger partial charge in [0.15, 0.2) is 0 Å². The normalized spacial score (nSPS) is 28.6. The predicted octanol–water partition coefficient (Wildman–Crippen LogP) is 3.14. The molecule has 1 aliphatic rings. The van der Waals surface area contributed by atoms with Crippen molar-refractivity contribution in [3.63, 3.8) is 0 Å². The van der Waals surface area contributed by atoms with E-state index in [0.29, 0.717) is 6.42 Å². The van der Waals surface area contributed by atoms with Crippen molar-refractivity contribution < 1.29 is 8.78 Å². The van der Waals surface area contributed by atoms with E-state index in [1.807, 2.05) is 0 Å². The van der Waals surface area contributed by atoms with Crippen molar-refractivity contribution >= 4 is 0 Å². The van der Waals surface area contributed by atoms with Gasteiger partial charge in [0.25, 0.3) is 5.92 Å². The van der Waals surface area contributed by atoms with Crippen LogP contribution in [0.1, 0.15) is 32.1 Å². The van der Waals surface area contributed by atoms with Crippen LogP contribution >= 0.6 is 0 Å². The monoisotopic (exact) mass is 146 g/mol. The van der Waals surface area contributed by atoms with Gasteiger partial charge in [0.2, 0.25) is 0 Å². The largest absolute Gasteiger partial charge is 0.266 e. The summed E-state index contributed by atoms with van der Waals surface area (Å²) < 4.78 is 25.1. The summed E-state index contributed by atoms with van der Waals surface area (Å²) in [6.45, 7) is 0. The number of rotatable bonds is 0. The zero-order valence-corrected chi connectivity index (χ0v) is 5.95. The van der Waals surface area contributed by atoms with Gasteiger partial charge in [0, 0.05) is 6.42 Å². The van der Waals surface area contributed by atoms with Crippen LogP contribution in [-0.2, 0) is 0 Å². The van der Waals surface area contributed by atoms with E-state index in [2.05, 4.69) is 0 Å². The molecule has 0 nitrogen and oxygen atoms in total. The predicted molar refractivity (Wildman–Crippen MR) is 37.2 cm³/mol. The molecule has 0 saturated heterocycles. The summed E-state index contributed by atoms with van der Waals surface area (Å²) >= 11 is 0. The lowest BCUT2D eigenvalue weighted by molar-refractivity contribution is 0.0413. The Kier molecular flexibility index (Phi) is 2.41. The third kappa shape index (κ3) is 2.46. The molecular weight excluding hydrogens is 134 g/mol. The van der Waals surface area contributed by atoms with Crippen molar-refractivity contribution in [1.29, 1.82) is 0 Å². The minimum atomic E-state index is -2.53. The molecule has 0 amide bonds. The molecule has 1 aliphatic carbocycles. The Bertz CT molecular complexity index is 127. The maximum Gasteiger partial charge on any atom is 0.266 e. The molecule has 0 aromatic heterocycles. The zero-order valence-electron chi connectivity index (χ0n) is 5.95. The molecule has 58 valence electrons. The summed E-state index contributed by atoms with van der Waals surface area (Å²) in [5.41, 5.74) is 0. The van der Waals surface area contributed by atoms with E-state index in [-0.39, 0.29) is 6.42 Å². The van der Waals surface area contributed by atoms with Crippen molar-refractivity contribution in [2.75, 3.05) is 0 Å². The van der Waals surface area contributed by atoms with Gasteiger partial charge in [-0.25, -0.2) is 8.78 Å². The second-order valence-corrected chi connectivity index (χ2v) is 2.76. The number of allylic oxidation sites excluding steroid dienone is 2. The number of alkyl halides is 2. The molecule has 0 aromatic carbocycles. The highest BCUT2D eigenvalue weighted by Gasteiger charge is 2.24. The Morgan fingerprint density at radius 1 is 1.10 bits per heavy atom. The van der Waals surface area contributed by atoms with E-state index in [9.17, 15) is 8.78 Å². The van der Waals surface area contributed by atoms with Crippen molar-refractivity contribution in [1.82, 2.24) is 0 Å². The molecule has 2 heteroatoms. The van der Waals surface area contributed by atoms with Gasteiger partial charge >= 0.3 is 0 Å². The quantitative estimate of drug-likeness (QED) is 0.460. The third-order valence-corrected chi connectivity index (χ3v) is 1.74. The number of halogens is 2. The minimum absolute atomic E-state index is 0.0312. The van der Waals surface area contributed by atoms with Crippen LogP contribution in [0.15, 0.2) is 12.2 Å². The minimum Gasteiger partial charge on any atom is -0.202 e. The smallest absolute Gasteiger partial charge is 0.202 e. The number of hydrogen-bond donors (Lipinski definition) is 0. The average molecular weight is 146 g/mol. The molecule has 0 bridgehead atoms. The van der Waals surface area contributed by atoms with E-state index >= 15 is 0 Å². The molecule has 1 rings (SSSR count). The van der Waals surface area contributed by atoms with Crippen molar-refractivity contribution in [3.8, 4) is 0 Å². The van der Waals surface area contributed by atoms with Crippen LogP contribution in [0.3, 0.4) is 0 Å². The van der Waals surface area contributed by atoms with Gasteiger partial charge in [-0.3, -0.25) is 0 Å². The maximum atomic E-state index is 12.6. The van der Waals surface area contributed by atoms with Crippen LogP contribution < -0.4 is 0 Å². The molecule has 0 N–H and O–H groups in total. The average Bonchev–Trinajstić information content (AvgIpc) is 1.81. The summed E-state index contributed by atoms with van der Waals surface area (Å²) in [5.74, 6) is -2.53. The van der Waals surface area contributed by atoms with Gasteiger partial charge < -0.3 is 0 Å². The first kappa shape index (κ1) is 7.70. The first-order chi connectivity index (χ1) is 4.71. The van der Waals surface area contributed by atoms with E-state index in [4.69, 9.17) is 0 Å². The molecule has 0 radical (unpaired) electrons.